The number of nitrogens with zero attached hydrogens (tertiary/aromatic N) is 2. The molecule has 2 aromatic carbocycles. The monoisotopic (exact) mass is 587 g/mol. The number of nitrogens with two attached hydrogens (primary N) is 1. The van der Waals surface area contributed by atoms with Crippen LogP contribution in [0, 0.1) is 17.2 Å². The van der Waals surface area contributed by atoms with Gasteiger partial charge < -0.3 is 21.3 Å². The first-order valence-corrected chi connectivity index (χ1v) is 15.5. The maximum atomic E-state index is 14.4. The Kier molecular flexibility index (Phi) is 7.79. The van der Waals surface area contributed by atoms with Gasteiger partial charge in [0.25, 0.3) is 5.91 Å². The summed E-state index contributed by atoms with van der Waals surface area (Å²) in [6.45, 7) is 6.07. The van der Waals surface area contributed by atoms with Crippen LogP contribution in [0.2, 0.25) is 0 Å². The smallest absolute Gasteiger partial charge is 0.250 e. The molecular weight excluding hydrogens is 545 g/mol. The van der Waals surface area contributed by atoms with E-state index in [1.165, 1.54) is 12.1 Å². The van der Waals surface area contributed by atoms with Crippen molar-refractivity contribution in [1.29, 1.82) is 0 Å². The number of piperidine rings is 1. The number of primary amides is 1. The van der Waals surface area contributed by atoms with E-state index in [0.717, 1.165) is 73.8 Å². The van der Waals surface area contributed by atoms with Crippen molar-refractivity contribution >= 4 is 34.3 Å². The van der Waals surface area contributed by atoms with Gasteiger partial charge in [0.05, 0.1) is 11.1 Å². The lowest BCUT2D eigenvalue weighted by atomic mass is 9.80. The zero-order valence-electron chi connectivity index (χ0n) is 25.3. The summed E-state index contributed by atoms with van der Waals surface area (Å²) in [5, 5.41) is 7.68. The molecule has 3 heterocycles. The van der Waals surface area contributed by atoms with Crippen molar-refractivity contribution in [3.05, 3.63) is 53.5 Å². The molecule has 1 aromatic heterocycles. The van der Waals surface area contributed by atoms with Crippen molar-refractivity contribution in [2.75, 3.05) is 25.5 Å². The lowest BCUT2D eigenvalue weighted by Gasteiger charge is -2.33. The summed E-state index contributed by atoms with van der Waals surface area (Å²) in [5.74, 6) is -0.670. The number of anilines is 1. The number of halogens is 1. The molecule has 0 spiro atoms. The predicted molar refractivity (Wildman–Crippen MR) is 167 cm³/mol. The number of nitrogens with one attached hydrogen (secondary N) is 2. The van der Waals surface area contributed by atoms with Crippen LogP contribution in [-0.2, 0) is 11.2 Å². The number of fused-ring (bicyclic) bond motifs is 3. The summed E-state index contributed by atoms with van der Waals surface area (Å²) >= 11 is 0. The van der Waals surface area contributed by atoms with Crippen LogP contribution in [0.15, 0.2) is 36.4 Å². The molecule has 2 amide bonds. The Labute approximate surface area is 252 Å². The molecule has 8 nitrogen and oxygen atoms in total. The number of amides is 2. The summed E-state index contributed by atoms with van der Waals surface area (Å²) in [6.07, 6.45) is 6.30. The van der Waals surface area contributed by atoms with Crippen LogP contribution in [0.1, 0.15) is 79.6 Å². The predicted octanol–water partition coefficient (Wildman–Crippen LogP) is 5.34. The van der Waals surface area contributed by atoms with Crippen LogP contribution >= 0.6 is 0 Å². The summed E-state index contributed by atoms with van der Waals surface area (Å²) in [5.41, 5.74) is 9.79. The van der Waals surface area contributed by atoms with E-state index in [0.29, 0.717) is 29.6 Å². The van der Waals surface area contributed by atoms with Crippen LogP contribution < -0.4 is 16.4 Å². The molecule has 9 heteroatoms. The van der Waals surface area contributed by atoms with Gasteiger partial charge in [-0.15, -0.1) is 0 Å². The summed E-state index contributed by atoms with van der Waals surface area (Å²) in [6, 6.07) is 10.4. The van der Waals surface area contributed by atoms with E-state index in [2.05, 4.69) is 36.4 Å². The van der Waals surface area contributed by atoms with E-state index < -0.39 is 5.91 Å². The molecule has 6 rings (SSSR count). The number of hydrogen-bond donors (Lipinski definition) is 3. The highest BCUT2D eigenvalue weighted by atomic mass is 19.1. The first kappa shape index (κ1) is 29.4. The van der Waals surface area contributed by atoms with Crippen LogP contribution in [0.4, 0.5) is 10.1 Å². The molecule has 4 N–H and O–H groups in total. The van der Waals surface area contributed by atoms with Crippen molar-refractivity contribution in [3.63, 3.8) is 0 Å². The molecule has 1 saturated carbocycles. The summed E-state index contributed by atoms with van der Waals surface area (Å²) < 4.78 is 16.0. The second-order valence-corrected chi connectivity index (χ2v) is 13.6. The van der Waals surface area contributed by atoms with Crippen LogP contribution in [0.5, 0.6) is 0 Å². The topological polar surface area (TPSA) is 109 Å². The Morgan fingerprint density at radius 1 is 0.953 bits per heavy atom. The Morgan fingerprint density at radius 2 is 1.65 bits per heavy atom. The van der Waals surface area contributed by atoms with E-state index in [-0.39, 0.29) is 41.0 Å². The van der Waals surface area contributed by atoms with Gasteiger partial charge in [-0.2, -0.15) is 0 Å². The second-order valence-electron chi connectivity index (χ2n) is 13.6. The molecule has 2 fully saturated rings. The van der Waals surface area contributed by atoms with Gasteiger partial charge in [0.15, 0.2) is 0 Å². The first-order valence-electron chi connectivity index (χ1n) is 15.5. The molecule has 1 aliphatic carbocycles. The molecule has 1 saturated heterocycles. The van der Waals surface area contributed by atoms with Gasteiger partial charge in [0.1, 0.15) is 5.82 Å². The lowest BCUT2D eigenvalue weighted by molar-refractivity contribution is -0.127. The lowest BCUT2D eigenvalue weighted by Crippen LogP contribution is -2.45. The number of rotatable bonds is 6. The Balaban J connectivity index is 1.24. The number of benzene rings is 2. The number of aromatic nitrogens is 1. The van der Waals surface area contributed by atoms with E-state index in [1.807, 2.05) is 12.1 Å². The fourth-order valence-corrected chi connectivity index (χ4v) is 7.32. The molecule has 228 valence electrons. The minimum absolute atomic E-state index is 0.0418. The SMILES string of the molecule is CN1CCC(C(=O)NC2CCC(Nc3cc(-c4c5n(c6cc(F)ccc46)C(=O)CC(C)(C)C5)ccc3C(N)=O)CC2)CC1. The number of carbonyl (C=O) groups is 3. The minimum Gasteiger partial charge on any atom is -0.382 e. The average molecular weight is 588 g/mol. The average Bonchev–Trinajstić information content (AvgIpc) is 3.26. The number of hydrogen-bond acceptors (Lipinski definition) is 5. The van der Waals surface area contributed by atoms with Crippen molar-refractivity contribution in [2.24, 2.45) is 17.1 Å². The largest absolute Gasteiger partial charge is 0.382 e. The molecule has 0 bridgehead atoms. The van der Waals surface area contributed by atoms with Crippen molar-refractivity contribution in [1.82, 2.24) is 14.8 Å². The fourth-order valence-electron chi connectivity index (χ4n) is 7.32. The zero-order chi connectivity index (χ0) is 30.5. The minimum atomic E-state index is -0.518. The Hall–Kier alpha value is -3.72. The van der Waals surface area contributed by atoms with E-state index >= 15 is 0 Å². The highest BCUT2D eigenvalue weighted by Gasteiger charge is 2.35. The summed E-state index contributed by atoms with van der Waals surface area (Å²) in [4.78, 5) is 40.9. The van der Waals surface area contributed by atoms with Gasteiger partial charge in [0.2, 0.25) is 11.8 Å². The van der Waals surface area contributed by atoms with Crippen molar-refractivity contribution in [3.8, 4) is 11.1 Å². The maximum absolute atomic E-state index is 14.4. The van der Waals surface area contributed by atoms with Crippen LogP contribution in [0.25, 0.3) is 22.0 Å². The Morgan fingerprint density at radius 3 is 2.35 bits per heavy atom. The molecule has 3 aromatic rings. The van der Waals surface area contributed by atoms with Crippen molar-refractivity contribution in [2.45, 2.75) is 77.3 Å². The standard InChI is InChI=1S/C34H42FN5O3/c1-34(2)18-29-31(26-11-5-22(35)17-28(26)40(29)30(41)19-34)21-4-10-25(32(36)42)27(16-21)37-23-6-8-24(9-7-23)38-33(43)20-12-14-39(3)15-13-20/h4-5,10-11,16-17,20,23-24,37H,6-9,12-15,18-19H2,1-3H3,(H2,36,42)(H,38,43). The molecule has 0 unspecified atom stereocenters. The number of likely N-dealkylation sites (tertiary alicyclic amines) is 1. The molecule has 0 atom stereocenters. The third-order valence-electron chi connectivity index (χ3n) is 9.65. The number of carbonyl (C=O) groups excluding carboxylic acids is 3. The highest BCUT2D eigenvalue weighted by Crippen LogP contribution is 2.43. The summed E-state index contributed by atoms with van der Waals surface area (Å²) in [7, 11) is 2.10. The van der Waals surface area contributed by atoms with Crippen LogP contribution in [-0.4, -0.2) is 59.4 Å². The first-order chi connectivity index (χ1) is 20.5. The van der Waals surface area contributed by atoms with Gasteiger partial charge in [-0.3, -0.25) is 19.0 Å². The van der Waals surface area contributed by atoms with Gasteiger partial charge in [-0.05, 0) is 106 Å². The molecule has 3 aliphatic rings. The van der Waals surface area contributed by atoms with Gasteiger partial charge >= 0.3 is 0 Å². The van der Waals surface area contributed by atoms with E-state index in [1.54, 1.807) is 16.7 Å². The van der Waals surface area contributed by atoms with Gasteiger partial charge in [-0.1, -0.05) is 19.9 Å². The molecule has 2 aliphatic heterocycles. The van der Waals surface area contributed by atoms with E-state index in [9.17, 15) is 18.8 Å². The normalized spacial score (nSPS) is 22.7. The second kappa shape index (κ2) is 11.4. The van der Waals surface area contributed by atoms with Crippen molar-refractivity contribution < 1.29 is 18.8 Å². The van der Waals surface area contributed by atoms with Crippen LogP contribution in [0.3, 0.4) is 0 Å². The van der Waals surface area contributed by atoms with E-state index in [4.69, 9.17) is 5.73 Å². The van der Waals surface area contributed by atoms with Gasteiger partial charge in [-0.25, -0.2) is 4.39 Å². The zero-order valence-corrected chi connectivity index (χ0v) is 25.3. The van der Waals surface area contributed by atoms with Gasteiger partial charge in [0, 0.05) is 46.8 Å². The molecule has 0 radical (unpaired) electrons. The Bertz CT molecular complexity index is 1580. The third-order valence-corrected chi connectivity index (χ3v) is 9.65. The quantitative estimate of drug-likeness (QED) is 0.361. The maximum Gasteiger partial charge on any atom is 0.250 e. The fraction of sp³-hybridized carbons (Fsp3) is 0.500. The third kappa shape index (κ3) is 5.92. The highest BCUT2D eigenvalue weighted by molar-refractivity contribution is 6.06. The molecular formula is C34H42FN5O3. The molecule has 43 heavy (non-hydrogen) atoms.